The van der Waals surface area contributed by atoms with Crippen molar-refractivity contribution >= 4 is 73.2 Å². The van der Waals surface area contributed by atoms with E-state index in [4.69, 9.17) is 35.7 Å². The molecule has 5 aliphatic carbocycles. The van der Waals surface area contributed by atoms with Crippen molar-refractivity contribution in [3.63, 3.8) is 0 Å². The number of nitriles is 2. The first-order valence-corrected chi connectivity index (χ1v) is 37.2. The van der Waals surface area contributed by atoms with Crippen LogP contribution in [0.1, 0.15) is 114 Å². The number of esters is 4. The van der Waals surface area contributed by atoms with E-state index in [1.54, 1.807) is 21.3 Å². The normalized spacial score (nSPS) is 23.4. The van der Waals surface area contributed by atoms with Gasteiger partial charge in [-0.1, -0.05) is 56.0 Å². The Labute approximate surface area is 607 Å². The summed E-state index contributed by atoms with van der Waals surface area (Å²) in [5.74, 6) is -0.685. The number of aryl methyl sites for hydroxylation is 2. The van der Waals surface area contributed by atoms with E-state index in [0.717, 1.165) is 73.7 Å². The number of ketones is 1. The van der Waals surface area contributed by atoms with Crippen LogP contribution in [0.15, 0.2) is 124 Å². The third-order valence-electron chi connectivity index (χ3n) is 19.1. The van der Waals surface area contributed by atoms with Gasteiger partial charge in [0.1, 0.15) is 34.8 Å². The number of ether oxygens (including phenoxy) is 7. The molecule has 8 heterocycles. The molecule has 0 unspecified atom stereocenters. The number of methoxy groups -OCH3 is 7. The number of imide groups is 3. The SMILES string of the molecule is COC(=O)C1CC(=O)C1.COC(=O)C1CC(C#N)(CCc2ccc(OC)cc2)C1.COC(=O)c1ccc(=O)n(C23CC(C2)C(=O)NC3=O)c1.COC(=O)c1ccc(=O)oc1.COc1ccc(CCC23CC(C2)C(=O)NC3=O)cc1.COc1ccc(CN)cc1.C[Si](C)(C)C#N.NC12CC(C1)C(=O)NC2=O. The lowest BCUT2D eigenvalue weighted by Gasteiger charge is -2.50. The molecule has 560 valence electrons. The molecule has 29 nitrogen and oxygen atoms in total. The number of pyridine rings is 1. The average molecular weight is 1470 g/mol. The Morgan fingerprint density at radius 1 is 0.533 bits per heavy atom. The first-order chi connectivity index (χ1) is 49.7. The molecule has 11 fully saturated rings. The number of piperidine rings is 6. The van der Waals surface area contributed by atoms with E-state index in [-0.39, 0.29) is 104 Å². The van der Waals surface area contributed by atoms with Crippen LogP contribution in [0.25, 0.3) is 0 Å². The zero-order chi connectivity index (χ0) is 77.6. The van der Waals surface area contributed by atoms with Gasteiger partial charge in [-0.3, -0.25) is 68.5 Å². The van der Waals surface area contributed by atoms with Crippen molar-refractivity contribution in [2.45, 2.75) is 127 Å². The highest BCUT2D eigenvalue weighted by Gasteiger charge is 2.60. The second kappa shape index (κ2) is 37.0. The maximum atomic E-state index is 12.1. The van der Waals surface area contributed by atoms with E-state index in [1.807, 2.05) is 92.4 Å². The third kappa shape index (κ3) is 21.8. The molecule has 0 radical (unpaired) electrons. The smallest absolute Gasteiger partial charge is 0.341 e. The standard InChI is InChI=1S/C16H19NO3.C15H17NO3.C13H12N2O5.C8H11NO.C7H6O4.C6H8N2O2.C6H8O3.C4H9NSi/c1-19-14-5-3-12(4-6-14)7-8-16(11-17)9-13(10-16)15(18)20-2;1-19-12-4-2-10(3-5-12)6-7-15-8-11(9-15)13(17)16-14(15)18;1-20-11(18)7-2-3-9(16)15(6-7)13-4-8(5-13)10(17)14-12(13)19;1-10-8-4-2-7(6-9)3-5-8;1-10-7(9)5-2-3-6(8)11-4-5;7-6-1-3(2-6)4(9)8-5(6)10;1-9-6(8)4-2-5(7)3-4;1-6(2,3)4-5/h3-6,13H,7-10H2,1-2H3;2-5,11H,6-9H2,1H3,(H,16,17,18);2-3,6,8H,4-5H2,1H3,(H,14,17,19);2-5H,6,9H2,1H3;2-4H,1H3;3H,1-2,7H2,(H,8,9,10);4H,2-3H2,1H3;1-3H3. The van der Waals surface area contributed by atoms with Gasteiger partial charge in [-0.2, -0.15) is 5.26 Å². The summed E-state index contributed by atoms with van der Waals surface area (Å²) in [4.78, 5) is 145. The average Bonchev–Trinajstić information content (AvgIpc) is 0.724. The van der Waals surface area contributed by atoms with Crippen LogP contribution in [-0.2, 0) is 87.0 Å². The number of amides is 6. The number of nitrogens with two attached hydrogens (primary N) is 2. The Balaban J connectivity index is 0.000000194. The van der Waals surface area contributed by atoms with Crippen molar-refractivity contribution in [3.05, 3.63) is 158 Å². The predicted molar refractivity (Wildman–Crippen MR) is 378 cm³/mol. The fourth-order valence-electron chi connectivity index (χ4n) is 12.4. The Kier molecular flexibility index (Phi) is 29.2. The molecule has 6 amide bonds. The number of carbonyl (C=O) groups excluding carboxylic acids is 11. The number of hydrogen-bond donors (Lipinski definition) is 5. The molecule has 6 saturated heterocycles. The number of nitrogens with one attached hydrogen (secondary N) is 3. The second-order valence-corrected chi connectivity index (χ2v) is 32.2. The largest absolute Gasteiger partial charge is 0.497 e. The van der Waals surface area contributed by atoms with Crippen LogP contribution in [0.5, 0.6) is 17.2 Å². The van der Waals surface area contributed by atoms with Gasteiger partial charge in [0.2, 0.25) is 29.5 Å². The van der Waals surface area contributed by atoms with Crippen LogP contribution in [0.4, 0.5) is 0 Å². The summed E-state index contributed by atoms with van der Waals surface area (Å²) in [6.45, 7) is 6.65. The molecule has 3 aromatic carbocycles. The Bertz CT molecular complexity index is 4130. The third-order valence-corrected chi connectivity index (χ3v) is 19.8. The fourth-order valence-corrected chi connectivity index (χ4v) is 12.4. The summed E-state index contributed by atoms with van der Waals surface area (Å²) in [5.41, 5.74) is 13.9. The summed E-state index contributed by atoms with van der Waals surface area (Å²) in [7, 11) is 8.84. The molecular weight excluding hydrogens is 1380 g/mol. The van der Waals surface area contributed by atoms with Gasteiger partial charge in [0.05, 0.1) is 95.2 Å². The van der Waals surface area contributed by atoms with Gasteiger partial charge in [-0.25, -0.2) is 19.6 Å². The van der Waals surface area contributed by atoms with Gasteiger partial charge >= 0.3 is 29.5 Å². The van der Waals surface area contributed by atoms with Crippen LogP contribution in [0, 0.1) is 62.7 Å². The highest BCUT2D eigenvalue weighted by Crippen LogP contribution is 2.52. The van der Waals surface area contributed by atoms with Crippen molar-refractivity contribution in [2.75, 3.05) is 49.8 Å². The summed E-state index contributed by atoms with van der Waals surface area (Å²) < 4.78 is 39.0. The quantitative estimate of drug-likeness (QED) is 0.0365. The molecule has 16 rings (SSSR count). The van der Waals surface area contributed by atoms with Gasteiger partial charge < -0.3 is 49.0 Å². The molecule has 105 heavy (non-hydrogen) atoms. The highest BCUT2D eigenvalue weighted by molar-refractivity contribution is 6.83. The Morgan fingerprint density at radius 2 is 0.962 bits per heavy atom. The lowest BCUT2D eigenvalue weighted by Crippen LogP contribution is -2.70. The van der Waals surface area contributed by atoms with Crippen LogP contribution in [0.2, 0.25) is 19.6 Å². The van der Waals surface area contributed by atoms with Crippen LogP contribution >= 0.6 is 0 Å². The number of nitrogens with zero attached hydrogens (tertiary/aromatic N) is 3. The zero-order valence-corrected chi connectivity index (χ0v) is 61.5. The first kappa shape index (κ1) is 83.0. The minimum Gasteiger partial charge on any atom is -0.497 e. The van der Waals surface area contributed by atoms with Crippen LogP contribution in [-0.4, -0.2) is 133 Å². The van der Waals surface area contributed by atoms with E-state index in [2.05, 4.69) is 46.3 Å². The number of hydrogen-bond acceptors (Lipinski definition) is 25. The summed E-state index contributed by atoms with van der Waals surface area (Å²) in [6, 6.07) is 31.0. The fraction of sp³-hybridized carbons (Fsp3) is 0.453. The van der Waals surface area contributed by atoms with Crippen molar-refractivity contribution < 1.29 is 90.3 Å². The van der Waals surface area contributed by atoms with Crippen molar-refractivity contribution in [1.29, 1.82) is 10.5 Å². The molecule has 5 saturated carbocycles. The van der Waals surface area contributed by atoms with Crippen LogP contribution in [0.3, 0.4) is 0 Å². The molecule has 7 N–H and O–H groups in total. The monoisotopic (exact) mass is 1470 g/mol. The van der Waals surface area contributed by atoms with Gasteiger partial charge in [-0.05, 0) is 142 Å². The molecule has 0 spiro atoms. The number of fused-ring (bicyclic) bond motifs is 6. The topological polar surface area (TPSA) is 440 Å². The number of rotatable bonds is 15. The van der Waals surface area contributed by atoms with Gasteiger partial charge in [0.15, 0.2) is 8.07 Å². The maximum Gasteiger partial charge on any atom is 0.341 e. The number of aromatic nitrogens is 1. The van der Waals surface area contributed by atoms with Crippen molar-refractivity contribution in [1.82, 2.24) is 20.5 Å². The molecule has 11 aliphatic rings. The summed E-state index contributed by atoms with van der Waals surface area (Å²) >= 11 is 0. The maximum absolute atomic E-state index is 12.1. The Morgan fingerprint density at radius 3 is 1.35 bits per heavy atom. The highest BCUT2D eigenvalue weighted by atomic mass is 28.3. The van der Waals surface area contributed by atoms with Gasteiger partial charge in [0, 0.05) is 61.2 Å². The minimum atomic E-state index is -1.33. The molecule has 2 aromatic heterocycles. The van der Waals surface area contributed by atoms with Crippen LogP contribution < -0.4 is 52.8 Å². The molecule has 0 atom stereocenters. The first-order valence-electron chi connectivity index (χ1n) is 33.7. The minimum absolute atomic E-state index is 0.00250. The lowest BCUT2D eigenvalue weighted by atomic mass is 9.56. The number of benzene rings is 3. The molecule has 6 bridgehead atoms. The van der Waals surface area contributed by atoms with Crippen molar-refractivity contribution in [2.24, 2.45) is 51.9 Å². The summed E-state index contributed by atoms with van der Waals surface area (Å²) in [6.07, 6.45) is 10.8. The second-order valence-electron chi connectivity index (χ2n) is 27.5. The van der Waals surface area contributed by atoms with E-state index in [9.17, 15) is 67.6 Å². The van der Waals surface area contributed by atoms with Gasteiger partial charge in [0.25, 0.3) is 11.5 Å². The molecule has 6 aliphatic heterocycles. The molecule has 5 aromatic rings. The zero-order valence-electron chi connectivity index (χ0n) is 60.5. The molecular formula is C75H90N8O21Si. The lowest BCUT2D eigenvalue weighted by molar-refractivity contribution is -0.160. The van der Waals surface area contributed by atoms with E-state index in [1.165, 1.54) is 68.5 Å². The van der Waals surface area contributed by atoms with E-state index >= 15 is 0 Å². The summed E-state index contributed by atoms with van der Waals surface area (Å²) in [5, 5.41) is 24.5. The number of Topliss-reactive ketones (excluding diaryl/α,β-unsaturated/α-hetero) is 1. The van der Waals surface area contributed by atoms with Gasteiger partial charge in [-0.15, -0.1) is 0 Å². The molecule has 30 heteroatoms. The van der Waals surface area contributed by atoms with E-state index < -0.39 is 42.6 Å². The Hall–Kier alpha value is -11.0. The predicted octanol–water partition coefficient (Wildman–Crippen LogP) is 5.65. The van der Waals surface area contributed by atoms with Crippen molar-refractivity contribution in [3.8, 4) is 29.0 Å². The van der Waals surface area contributed by atoms with E-state index in [0.29, 0.717) is 57.9 Å². The number of carbonyl (C=O) groups is 11.